The fraction of sp³-hybridized carbons (Fsp3) is 0.222. The van der Waals surface area contributed by atoms with Gasteiger partial charge in [0.1, 0.15) is 12.6 Å². The fourth-order valence-electron chi connectivity index (χ4n) is 2.38. The van der Waals surface area contributed by atoms with Crippen LogP contribution in [0.1, 0.15) is 19.3 Å². The molecular formula is C18H19O2PPt. The van der Waals surface area contributed by atoms with Crippen LogP contribution in [0.3, 0.4) is 0 Å². The molecule has 22 heavy (non-hydrogen) atoms. The van der Waals surface area contributed by atoms with Crippen LogP contribution in [0, 0.1) is 0 Å². The summed E-state index contributed by atoms with van der Waals surface area (Å²) in [5, 5.41) is 2.42. The Morgan fingerprint density at radius 1 is 0.864 bits per heavy atom. The standard InChI is InChI=1S/C18H19O2P.Pt/c19-14-8-7-13-18(15-20)21(16-9-3-1-4-10-16)17-11-5-2-6-12-17;/h1-6,9-12,14-15,18H,7-8,13H2;. The number of hydrogen-bond donors (Lipinski definition) is 0. The van der Waals surface area contributed by atoms with Gasteiger partial charge in [0, 0.05) is 33.1 Å². The monoisotopic (exact) mass is 493 g/mol. The second-order valence-electron chi connectivity index (χ2n) is 4.84. The maximum Gasteiger partial charge on any atom is 0.127 e. The number of carbonyl (C=O) groups excluding carboxylic acids is 2. The van der Waals surface area contributed by atoms with Gasteiger partial charge < -0.3 is 9.59 Å². The zero-order chi connectivity index (χ0) is 14.9. The van der Waals surface area contributed by atoms with Crippen molar-refractivity contribution in [1.29, 1.82) is 0 Å². The van der Waals surface area contributed by atoms with Crippen molar-refractivity contribution in [2.24, 2.45) is 0 Å². The van der Waals surface area contributed by atoms with E-state index in [-0.39, 0.29) is 26.7 Å². The Balaban J connectivity index is 0.00000242. The summed E-state index contributed by atoms with van der Waals surface area (Å²) in [7, 11) is -0.715. The van der Waals surface area contributed by atoms with E-state index >= 15 is 0 Å². The summed E-state index contributed by atoms with van der Waals surface area (Å²) in [5.74, 6) is 0. The molecular weight excluding hydrogens is 474 g/mol. The zero-order valence-corrected chi connectivity index (χ0v) is 15.4. The van der Waals surface area contributed by atoms with E-state index in [2.05, 4.69) is 24.3 Å². The molecule has 0 N–H and O–H groups in total. The molecule has 0 fully saturated rings. The molecule has 0 heterocycles. The minimum absolute atomic E-state index is 0. The average Bonchev–Trinajstić information content (AvgIpc) is 2.56. The summed E-state index contributed by atoms with van der Waals surface area (Å²) < 4.78 is 0. The molecule has 0 aliphatic carbocycles. The molecule has 1 unspecified atom stereocenters. The van der Waals surface area contributed by atoms with Crippen molar-refractivity contribution in [2.75, 3.05) is 0 Å². The van der Waals surface area contributed by atoms with Gasteiger partial charge in [-0.15, -0.1) is 0 Å². The summed E-state index contributed by atoms with van der Waals surface area (Å²) in [4.78, 5) is 22.1. The Hall–Kier alpha value is -1.10. The van der Waals surface area contributed by atoms with Crippen molar-refractivity contribution in [2.45, 2.75) is 24.9 Å². The van der Waals surface area contributed by atoms with Crippen LogP contribution >= 0.6 is 7.92 Å². The second kappa shape index (κ2) is 10.6. The minimum atomic E-state index is -0.715. The van der Waals surface area contributed by atoms with Gasteiger partial charge in [-0.1, -0.05) is 60.7 Å². The van der Waals surface area contributed by atoms with Gasteiger partial charge >= 0.3 is 0 Å². The Labute approximate surface area is 147 Å². The minimum Gasteiger partial charge on any atom is -0.303 e. The van der Waals surface area contributed by atoms with Crippen LogP contribution in [0.4, 0.5) is 0 Å². The van der Waals surface area contributed by atoms with E-state index in [1.165, 1.54) is 10.6 Å². The molecule has 0 aromatic heterocycles. The molecule has 2 nitrogen and oxygen atoms in total. The average molecular weight is 493 g/mol. The van der Waals surface area contributed by atoms with Crippen LogP contribution in [0.25, 0.3) is 0 Å². The topological polar surface area (TPSA) is 34.1 Å². The molecule has 0 spiro atoms. The first-order chi connectivity index (χ1) is 10.4. The third-order valence-electron chi connectivity index (χ3n) is 3.38. The van der Waals surface area contributed by atoms with Crippen molar-refractivity contribution in [3.63, 3.8) is 0 Å². The van der Waals surface area contributed by atoms with E-state index in [1.54, 1.807) is 0 Å². The summed E-state index contributed by atoms with van der Waals surface area (Å²) in [6, 6.07) is 20.4. The quantitative estimate of drug-likeness (QED) is 0.322. The first-order valence-electron chi connectivity index (χ1n) is 7.15. The van der Waals surface area contributed by atoms with Crippen LogP contribution in [0.5, 0.6) is 0 Å². The van der Waals surface area contributed by atoms with Gasteiger partial charge in [-0.2, -0.15) is 0 Å². The molecule has 0 radical (unpaired) electrons. The van der Waals surface area contributed by atoms with Crippen molar-refractivity contribution in [1.82, 2.24) is 0 Å². The number of carbonyl (C=O) groups is 2. The van der Waals surface area contributed by atoms with Gasteiger partial charge in [0.25, 0.3) is 0 Å². The number of hydrogen-bond acceptors (Lipinski definition) is 2. The van der Waals surface area contributed by atoms with E-state index in [1.807, 2.05) is 36.4 Å². The second-order valence-corrected chi connectivity index (χ2v) is 7.28. The third kappa shape index (κ3) is 5.27. The van der Waals surface area contributed by atoms with Gasteiger partial charge in [-0.3, -0.25) is 0 Å². The molecule has 0 saturated carbocycles. The van der Waals surface area contributed by atoms with E-state index in [4.69, 9.17) is 0 Å². The van der Waals surface area contributed by atoms with Gasteiger partial charge in [0.05, 0.1) is 0 Å². The van der Waals surface area contributed by atoms with Crippen LogP contribution in [-0.2, 0) is 30.7 Å². The molecule has 0 amide bonds. The third-order valence-corrected chi connectivity index (χ3v) is 6.13. The van der Waals surface area contributed by atoms with Crippen LogP contribution in [0.2, 0.25) is 0 Å². The van der Waals surface area contributed by atoms with Gasteiger partial charge in [-0.05, 0) is 31.4 Å². The SMILES string of the molecule is O=CCCCC(C=O)P(c1ccccc1)c1ccccc1.[Pt]. The maximum absolute atomic E-state index is 11.6. The molecule has 2 aromatic carbocycles. The van der Waals surface area contributed by atoms with Crippen molar-refractivity contribution < 1.29 is 30.7 Å². The zero-order valence-electron chi connectivity index (χ0n) is 12.2. The summed E-state index contributed by atoms with van der Waals surface area (Å²) in [6.45, 7) is 0. The van der Waals surface area contributed by atoms with Crippen molar-refractivity contribution >= 4 is 31.1 Å². The van der Waals surface area contributed by atoms with Crippen LogP contribution in [0.15, 0.2) is 60.7 Å². The molecule has 1 atom stereocenters. The van der Waals surface area contributed by atoms with Crippen molar-refractivity contribution in [3.8, 4) is 0 Å². The molecule has 2 rings (SSSR count). The van der Waals surface area contributed by atoms with Crippen LogP contribution < -0.4 is 10.6 Å². The number of unbranched alkanes of at least 4 members (excludes halogenated alkanes) is 1. The summed E-state index contributed by atoms with van der Waals surface area (Å²) in [5.41, 5.74) is -0.0373. The molecule has 0 bridgehead atoms. The predicted octanol–water partition coefficient (Wildman–Crippen LogP) is 3.05. The molecule has 2 aromatic rings. The Morgan fingerprint density at radius 3 is 1.77 bits per heavy atom. The van der Waals surface area contributed by atoms with E-state index in [0.29, 0.717) is 6.42 Å². The number of aldehydes is 2. The normalized spacial score (nSPS) is 11.5. The molecule has 118 valence electrons. The van der Waals surface area contributed by atoms with E-state index < -0.39 is 7.92 Å². The maximum atomic E-state index is 11.6. The Morgan fingerprint density at radius 2 is 1.36 bits per heavy atom. The predicted molar refractivity (Wildman–Crippen MR) is 88.8 cm³/mol. The molecule has 0 aliphatic heterocycles. The number of benzene rings is 2. The Bertz CT molecular complexity index is 520. The van der Waals surface area contributed by atoms with Crippen LogP contribution in [-0.4, -0.2) is 18.2 Å². The molecule has 4 heteroatoms. The van der Waals surface area contributed by atoms with E-state index in [9.17, 15) is 9.59 Å². The fourth-order valence-corrected chi connectivity index (χ4v) is 4.99. The summed E-state index contributed by atoms with van der Waals surface area (Å²) >= 11 is 0. The number of rotatable bonds is 8. The largest absolute Gasteiger partial charge is 0.303 e. The molecule has 0 saturated heterocycles. The Kier molecular flexibility index (Phi) is 9.12. The van der Waals surface area contributed by atoms with Gasteiger partial charge in [0.2, 0.25) is 0 Å². The van der Waals surface area contributed by atoms with Gasteiger partial charge in [-0.25, -0.2) is 0 Å². The van der Waals surface area contributed by atoms with Gasteiger partial charge in [0.15, 0.2) is 0 Å². The molecule has 0 aliphatic rings. The first-order valence-corrected chi connectivity index (χ1v) is 8.56. The smallest absolute Gasteiger partial charge is 0.127 e. The van der Waals surface area contributed by atoms with Crippen molar-refractivity contribution in [3.05, 3.63) is 60.7 Å². The first kappa shape index (κ1) is 18.9. The van der Waals surface area contributed by atoms with E-state index in [0.717, 1.165) is 25.4 Å². The summed E-state index contributed by atoms with van der Waals surface area (Å²) in [6.07, 6.45) is 4.05.